The number of fused-ring (bicyclic) bond motifs is 1. The maximum absolute atomic E-state index is 12.9. The lowest BCUT2D eigenvalue weighted by molar-refractivity contribution is -0.127. The number of hydrogen-bond donors (Lipinski definition) is 0. The second kappa shape index (κ2) is 7.49. The van der Waals surface area contributed by atoms with E-state index in [1.165, 1.54) is 34.7 Å². The third kappa shape index (κ3) is 4.15. The lowest BCUT2D eigenvalue weighted by Crippen LogP contribution is -2.27. The highest BCUT2D eigenvalue weighted by atomic mass is 32.2. The number of nitrogens with zero attached hydrogens (tertiary/aromatic N) is 1. The Hall–Kier alpha value is -2.33. The van der Waals surface area contributed by atoms with Gasteiger partial charge in [0.15, 0.2) is 0 Å². The Morgan fingerprint density at radius 1 is 1.00 bits per heavy atom. The molecule has 3 aromatic carbocycles. The quantitative estimate of drug-likeness (QED) is 0.626. The molecule has 0 unspecified atom stereocenters. The number of carbonyl (C=O) groups is 1. The van der Waals surface area contributed by atoms with Crippen LogP contribution in [-0.2, 0) is 11.3 Å². The van der Waals surface area contributed by atoms with E-state index in [4.69, 9.17) is 0 Å². The van der Waals surface area contributed by atoms with E-state index in [1.54, 1.807) is 24.1 Å². The molecule has 122 valence electrons. The average Bonchev–Trinajstić information content (AvgIpc) is 2.61. The molecule has 0 aliphatic rings. The fourth-order valence-corrected chi connectivity index (χ4v) is 3.35. The van der Waals surface area contributed by atoms with Crippen LogP contribution >= 0.6 is 11.8 Å². The van der Waals surface area contributed by atoms with Gasteiger partial charge in [-0.2, -0.15) is 0 Å². The summed E-state index contributed by atoms with van der Waals surface area (Å²) in [5.41, 5.74) is 0.919. The molecule has 0 heterocycles. The molecule has 3 rings (SSSR count). The maximum Gasteiger partial charge on any atom is 0.232 e. The second-order valence-electron chi connectivity index (χ2n) is 5.67. The Morgan fingerprint density at radius 3 is 2.46 bits per heavy atom. The summed E-state index contributed by atoms with van der Waals surface area (Å²) in [5, 5.41) is 2.37. The second-order valence-corrected chi connectivity index (χ2v) is 6.72. The molecule has 0 bridgehead atoms. The minimum atomic E-state index is -0.264. The highest BCUT2D eigenvalue weighted by Gasteiger charge is 2.10. The van der Waals surface area contributed by atoms with Crippen molar-refractivity contribution < 1.29 is 9.18 Å². The van der Waals surface area contributed by atoms with Crippen LogP contribution in [0.2, 0.25) is 0 Å². The largest absolute Gasteiger partial charge is 0.341 e. The number of thioether (sulfide) groups is 1. The molecule has 3 aromatic rings. The van der Waals surface area contributed by atoms with Gasteiger partial charge in [-0.05, 0) is 40.6 Å². The van der Waals surface area contributed by atoms with Gasteiger partial charge in [0.1, 0.15) is 5.82 Å². The minimum Gasteiger partial charge on any atom is -0.341 e. The number of rotatable bonds is 5. The summed E-state index contributed by atoms with van der Waals surface area (Å²) in [6.45, 7) is 0.484. The van der Waals surface area contributed by atoms with Gasteiger partial charge in [0.05, 0.1) is 5.75 Å². The SMILES string of the molecule is CN(Cc1ccc(F)cc1)C(=O)CSc1ccc2ccccc2c1. The van der Waals surface area contributed by atoms with Crippen LogP contribution < -0.4 is 0 Å². The van der Waals surface area contributed by atoms with E-state index in [0.29, 0.717) is 12.3 Å². The van der Waals surface area contributed by atoms with Crippen LogP contribution in [0.1, 0.15) is 5.56 Å². The monoisotopic (exact) mass is 339 g/mol. The van der Waals surface area contributed by atoms with E-state index in [0.717, 1.165) is 10.5 Å². The normalized spacial score (nSPS) is 10.8. The summed E-state index contributed by atoms with van der Waals surface area (Å²) in [5.74, 6) is 0.174. The van der Waals surface area contributed by atoms with Gasteiger partial charge in [-0.1, -0.05) is 42.5 Å². The average molecular weight is 339 g/mol. The zero-order chi connectivity index (χ0) is 16.9. The number of carbonyl (C=O) groups excluding carboxylic acids is 1. The lowest BCUT2D eigenvalue weighted by Gasteiger charge is -2.17. The number of benzene rings is 3. The van der Waals surface area contributed by atoms with Crippen molar-refractivity contribution in [1.29, 1.82) is 0 Å². The van der Waals surface area contributed by atoms with Crippen molar-refractivity contribution in [3.63, 3.8) is 0 Å². The Labute approximate surface area is 145 Å². The smallest absolute Gasteiger partial charge is 0.232 e. The molecule has 24 heavy (non-hydrogen) atoms. The van der Waals surface area contributed by atoms with Crippen molar-refractivity contribution in [2.45, 2.75) is 11.4 Å². The fourth-order valence-electron chi connectivity index (χ4n) is 2.46. The summed E-state index contributed by atoms with van der Waals surface area (Å²) in [6, 6.07) is 20.6. The predicted molar refractivity (Wildman–Crippen MR) is 97.5 cm³/mol. The molecule has 0 saturated carbocycles. The van der Waals surface area contributed by atoms with Crippen LogP contribution in [0.4, 0.5) is 4.39 Å². The lowest BCUT2D eigenvalue weighted by atomic mass is 10.1. The van der Waals surface area contributed by atoms with Crippen LogP contribution in [0, 0.1) is 5.82 Å². The summed E-state index contributed by atoms with van der Waals surface area (Å²) in [7, 11) is 1.77. The van der Waals surface area contributed by atoms with E-state index >= 15 is 0 Å². The van der Waals surface area contributed by atoms with Crippen molar-refractivity contribution in [1.82, 2.24) is 4.90 Å². The predicted octanol–water partition coefficient (Wildman–Crippen LogP) is 4.73. The molecule has 0 saturated heterocycles. The van der Waals surface area contributed by atoms with Crippen LogP contribution in [0.5, 0.6) is 0 Å². The number of hydrogen-bond acceptors (Lipinski definition) is 2. The maximum atomic E-state index is 12.9. The topological polar surface area (TPSA) is 20.3 Å². The highest BCUT2D eigenvalue weighted by molar-refractivity contribution is 8.00. The van der Waals surface area contributed by atoms with Crippen molar-refractivity contribution in [2.24, 2.45) is 0 Å². The summed E-state index contributed by atoms with van der Waals surface area (Å²) in [4.78, 5) is 15.0. The standard InChI is InChI=1S/C20H18FNOS/c1-22(13-15-6-9-18(21)10-7-15)20(23)14-24-19-11-8-16-4-2-3-5-17(16)12-19/h2-12H,13-14H2,1H3. The molecule has 0 aromatic heterocycles. The third-order valence-corrected chi connectivity index (χ3v) is 4.82. The van der Waals surface area contributed by atoms with Crippen LogP contribution in [0.3, 0.4) is 0 Å². The van der Waals surface area contributed by atoms with Crippen molar-refractivity contribution in [2.75, 3.05) is 12.8 Å². The molecule has 0 aliphatic carbocycles. The van der Waals surface area contributed by atoms with E-state index in [9.17, 15) is 9.18 Å². The van der Waals surface area contributed by atoms with Gasteiger partial charge in [0.2, 0.25) is 5.91 Å². The summed E-state index contributed by atoms with van der Waals surface area (Å²) < 4.78 is 12.9. The van der Waals surface area contributed by atoms with Crippen molar-refractivity contribution >= 4 is 28.4 Å². The van der Waals surface area contributed by atoms with Gasteiger partial charge in [0.25, 0.3) is 0 Å². The van der Waals surface area contributed by atoms with Gasteiger partial charge < -0.3 is 4.90 Å². The molecule has 4 heteroatoms. The zero-order valence-corrected chi connectivity index (χ0v) is 14.2. The highest BCUT2D eigenvalue weighted by Crippen LogP contribution is 2.24. The molecule has 1 amide bonds. The Morgan fingerprint density at radius 2 is 1.71 bits per heavy atom. The van der Waals surface area contributed by atoms with Crippen LogP contribution in [0.25, 0.3) is 10.8 Å². The van der Waals surface area contributed by atoms with Gasteiger partial charge >= 0.3 is 0 Å². The van der Waals surface area contributed by atoms with Crippen LogP contribution in [0.15, 0.2) is 71.6 Å². The van der Waals surface area contributed by atoms with Gasteiger partial charge in [-0.25, -0.2) is 4.39 Å². The molecule has 0 radical (unpaired) electrons. The van der Waals surface area contributed by atoms with Crippen LogP contribution in [-0.4, -0.2) is 23.6 Å². The van der Waals surface area contributed by atoms with Crippen molar-refractivity contribution in [3.8, 4) is 0 Å². The van der Waals surface area contributed by atoms with E-state index in [2.05, 4.69) is 24.3 Å². The molecule has 0 aliphatic heterocycles. The first kappa shape index (κ1) is 16.5. The Kier molecular flexibility index (Phi) is 5.16. The molecule has 0 N–H and O–H groups in total. The fraction of sp³-hybridized carbons (Fsp3) is 0.150. The first-order valence-corrected chi connectivity index (χ1v) is 8.70. The molecular formula is C20H18FNOS. The van der Waals surface area contributed by atoms with Gasteiger partial charge in [-0.15, -0.1) is 11.8 Å². The zero-order valence-electron chi connectivity index (χ0n) is 13.4. The number of amides is 1. The first-order chi connectivity index (χ1) is 11.6. The van der Waals surface area contributed by atoms with E-state index in [-0.39, 0.29) is 11.7 Å². The van der Waals surface area contributed by atoms with E-state index in [1.807, 2.05) is 18.2 Å². The number of halogens is 1. The Balaban J connectivity index is 1.58. The molecule has 0 fully saturated rings. The summed E-state index contributed by atoms with van der Waals surface area (Å²) >= 11 is 1.53. The van der Waals surface area contributed by atoms with Gasteiger partial charge in [0, 0.05) is 18.5 Å². The third-order valence-electron chi connectivity index (χ3n) is 3.84. The van der Waals surface area contributed by atoms with Crippen molar-refractivity contribution in [3.05, 3.63) is 78.1 Å². The minimum absolute atomic E-state index is 0.0532. The first-order valence-electron chi connectivity index (χ1n) is 7.72. The molecule has 2 nitrogen and oxygen atoms in total. The van der Waals surface area contributed by atoms with Gasteiger partial charge in [-0.3, -0.25) is 4.79 Å². The molecule has 0 atom stereocenters. The Bertz CT molecular complexity index is 848. The van der Waals surface area contributed by atoms with E-state index < -0.39 is 0 Å². The molecule has 0 spiro atoms. The molecular weight excluding hydrogens is 321 g/mol. The summed E-state index contributed by atoms with van der Waals surface area (Å²) in [6.07, 6.45) is 0.